The Hall–Kier alpha value is -1.59. The number of rotatable bonds is 56. The molecule has 0 aliphatic rings. The molecule has 0 saturated heterocycles. The van der Waals surface area contributed by atoms with Gasteiger partial charge in [0.1, 0.15) is 13.2 Å². The zero-order valence-electron chi connectivity index (χ0n) is 46.7. The summed E-state index contributed by atoms with van der Waals surface area (Å²) >= 11 is 0. The topological polar surface area (TPSA) is 78.9 Å². The second-order valence-corrected chi connectivity index (χ2v) is 22.1. The lowest BCUT2D eigenvalue weighted by Crippen LogP contribution is -2.30. The van der Waals surface area contributed by atoms with Crippen LogP contribution in [0, 0.1) is 11.8 Å². The molecule has 0 aromatic heterocycles. The first kappa shape index (κ1) is 66.4. The van der Waals surface area contributed by atoms with Gasteiger partial charge in [-0.2, -0.15) is 0 Å². The lowest BCUT2D eigenvalue weighted by molar-refractivity contribution is -0.167. The van der Waals surface area contributed by atoms with Gasteiger partial charge in [0.2, 0.25) is 0 Å². The molecule has 0 spiro atoms. The zero-order valence-corrected chi connectivity index (χ0v) is 46.7. The summed E-state index contributed by atoms with van der Waals surface area (Å²) in [5.74, 6) is 0.910. The molecule has 0 N–H and O–H groups in total. The Bertz CT molecular complexity index is 1040. The Morgan fingerprint density at radius 1 is 0.309 bits per heavy atom. The van der Waals surface area contributed by atoms with Crippen molar-refractivity contribution in [2.75, 3.05) is 13.2 Å². The van der Waals surface area contributed by atoms with Crippen LogP contribution < -0.4 is 0 Å². The van der Waals surface area contributed by atoms with Crippen LogP contribution in [0.15, 0.2) is 0 Å². The molecule has 0 heterocycles. The summed E-state index contributed by atoms with van der Waals surface area (Å²) in [6.45, 7) is 11.5. The van der Waals surface area contributed by atoms with E-state index < -0.39 is 6.10 Å². The molecule has 0 rings (SSSR count). The Morgan fingerprint density at radius 2 is 0.559 bits per heavy atom. The largest absolute Gasteiger partial charge is 0.462 e. The van der Waals surface area contributed by atoms with E-state index in [1.807, 2.05) is 0 Å². The second kappa shape index (κ2) is 54.7. The molecule has 0 bridgehead atoms. The predicted octanol–water partition coefficient (Wildman–Crippen LogP) is 20.4. The first-order valence-corrected chi connectivity index (χ1v) is 30.8. The van der Waals surface area contributed by atoms with Gasteiger partial charge in [0.25, 0.3) is 0 Å². The molecule has 404 valence electrons. The quantitative estimate of drug-likeness (QED) is 0.0343. The molecular weight excluding hydrogens is 841 g/mol. The molecule has 2 atom stereocenters. The van der Waals surface area contributed by atoms with E-state index >= 15 is 0 Å². The van der Waals surface area contributed by atoms with Crippen LogP contribution in [0.4, 0.5) is 0 Å². The maximum absolute atomic E-state index is 12.9. The Balaban J connectivity index is 4.29. The van der Waals surface area contributed by atoms with Gasteiger partial charge in [-0.15, -0.1) is 0 Å². The number of carbonyl (C=O) groups is 3. The fraction of sp³-hybridized carbons (Fsp3) is 0.952. The maximum atomic E-state index is 12.9. The Morgan fingerprint density at radius 3 is 0.838 bits per heavy atom. The Labute approximate surface area is 425 Å². The fourth-order valence-electron chi connectivity index (χ4n) is 9.55. The number of ether oxygens (including phenoxy) is 3. The minimum atomic E-state index is -0.763. The average molecular weight is 962 g/mol. The van der Waals surface area contributed by atoms with Crippen LogP contribution in [-0.4, -0.2) is 37.2 Å². The second-order valence-electron chi connectivity index (χ2n) is 22.1. The van der Waals surface area contributed by atoms with Gasteiger partial charge in [0.15, 0.2) is 6.10 Å². The molecule has 0 fully saturated rings. The third-order valence-corrected chi connectivity index (χ3v) is 14.6. The minimum absolute atomic E-state index is 0.0621. The smallest absolute Gasteiger partial charge is 0.306 e. The number of hydrogen-bond donors (Lipinski definition) is 0. The molecule has 0 amide bonds. The van der Waals surface area contributed by atoms with Gasteiger partial charge in [-0.1, -0.05) is 311 Å². The highest BCUT2D eigenvalue weighted by Gasteiger charge is 2.19. The van der Waals surface area contributed by atoms with E-state index in [-0.39, 0.29) is 31.1 Å². The lowest BCUT2D eigenvalue weighted by Gasteiger charge is -2.18. The van der Waals surface area contributed by atoms with Crippen molar-refractivity contribution in [3.8, 4) is 0 Å². The molecule has 0 aliphatic heterocycles. The van der Waals surface area contributed by atoms with Crippen LogP contribution in [0.2, 0.25) is 0 Å². The van der Waals surface area contributed by atoms with E-state index in [1.165, 1.54) is 238 Å². The summed E-state index contributed by atoms with van der Waals surface area (Å²) in [4.78, 5) is 38.2. The highest BCUT2D eigenvalue weighted by molar-refractivity contribution is 5.71. The monoisotopic (exact) mass is 961 g/mol. The number of hydrogen-bond acceptors (Lipinski definition) is 6. The zero-order chi connectivity index (χ0) is 49.6. The summed E-state index contributed by atoms with van der Waals surface area (Å²) in [6.07, 6.45) is 59.4. The van der Waals surface area contributed by atoms with Gasteiger partial charge in [0.05, 0.1) is 0 Å². The van der Waals surface area contributed by atoms with Gasteiger partial charge < -0.3 is 14.2 Å². The Kier molecular flexibility index (Phi) is 53.5. The third-order valence-electron chi connectivity index (χ3n) is 14.6. The number of carbonyl (C=O) groups excluding carboxylic acids is 3. The van der Waals surface area contributed by atoms with E-state index in [0.717, 1.165) is 69.6 Å². The normalized spacial score (nSPS) is 12.4. The minimum Gasteiger partial charge on any atom is -0.462 e. The van der Waals surface area contributed by atoms with Crippen molar-refractivity contribution in [3.63, 3.8) is 0 Å². The number of unbranched alkanes of at least 4 members (excludes halogenated alkanes) is 40. The molecule has 68 heavy (non-hydrogen) atoms. The highest BCUT2D eigenvalue weighted by atomic mass is 16.6. The predicted molar refractivity (Wildman–Crippen MR) is 293 cm³/mol. The molecule has 0 radical (unpaired) electrons. The summed E-state index contributed by atoms with van der Waals surface area (Å²) in [5, 5.41) is 0. The van der Waals surface area contributed by atoms with E-state index in [1.54, 1.807) is 0 Å². The fourth-order valence-corrected chi connectivity index (χ4v) is 9.55. The molecule has 0 saturated carbocycles. The van der Waals surface area contributed by atoms with Crippen LogP contribution in [0.1, 0.15) is 349 Å². The van der Waals surface area contributed by atoms with Crippen LogP contribution in [0.25, 0.3) is 0 Å². The van der Waals surface area contributed by atoms with Crippen molar-refractivity contribution in [2.24, 2.45) is 11.8 Å². The molecule has 6 heteroatoms. The van der Waals surface area contributed by atoms with Crippen LogP contribution in [0.3, 0.4) is 0 Å². The van der Waals surface area contributed by atoms with Crippen molar-refractivity contribution in [3.05, 3.63) is 0 Å². The summed E-state index contributed by atoms with van der Waals surface area (Å²) in [6, 6.07) is 0. The first-order chi connectivity index (χ1) is 33.3. The highest BCUT2D eigenvalue weighted by Crippen LogP contribution is 2.19. The van der Waals surface area contributed by atoms with Gasteiger partial charge >= 0.3 is 17.9 Å². The molecule has 0 aliphatic carbocycles. The maximum Gasteiger partial charge on any atom is 0.306 e. The van der Waals surface area contributed by atoms with Crippen LogP contribution >= 0.6 is 0 Å². The van der Waals surface area contributed by atoms with Crippen molar-refractivity contribution in [1.29, 1.82) is 0 Å². The summed E-state index contributed by atoms with van der Waals surface area (Å²) in [7, 11) is 0. The first-order valence-electron chi connectivity index (χ1n) is 30.8. The van der Waals surface area contributed by atoms with Gasteiger partial charge in [0, 0.05) is 19.3 Å². The lowest BCUT2D eigenvalue weighted by atomic mass is 9.99. The van der Waals surface area contributed by atoms with Crippen LogP contribution in [-0.2, 0) is 28.6 Å². The average Bonchev–Trinajstić information content (AvgIpc) is 3.32. The SMILES string of the molecule is CCCCCCCCCCCCCCCCC(=O)OC[C@@H](COC(=O)CCCCCCCCCCCCCCCCCC(C)C)OC(=O)CCCCCCCCCCCCCCCCC(C)CC. The molecular formula is C62H120O6. The molecule has 6 nitrogen and oxygen atoms in total. The van der Waals surface area contributed by atoms with Gasteiger partial charge in [-0.05, 0) is 31.1 Å². The van der Waals surface area contributed by atoms with Crippen LogP contribution in [0.5, 0.6) is 0 Å². The number of esters is 3. The molecule has 0 aromatic rings. The van der Waals surface area contributed by atoms with E-state index in [9.17, 15) is 14.4 Å². The van der Waals surface area contributed by atoms with Crippen molar-refractivity contribution in [1.82, 2.24) is 0 Å². The van der Waals surface area contributed by atoms with E-state index in [4.69, 9.17) is 14.2 Å². The van der Waals surface area contributed by atoms with Crippen molar-refractivity contribution < 1.29 is 28.6 Å². The van der Waals surface area contributed by atoms with E-state index in [2.05, 4.69) is 34.6 Å². The van der Waals surface area contributed by atoms with E-state index in [0.29, 0.717) is 19.3 Å². The summed E-state index contributed by atoms with van der Waals surface area (Å²) in [5.41, 5.74) is 0. The molecule has 1 unspecified atom stereocenters. The van der Waals surface area contributed by atoms with Crippen molar-refractivity contribution in [2.45, 2.75) is 355 Å². The standard InChI is InChI=1S/C62H120O6/c1-6-8-9-10-11-12-13-14-22-27-32-37-42-47-52-60(63)66-55-59(68-62(65)54-49-44-39-34-29-24-19-18-21-26-31-36-41-46-51-58(5)7-2)56-67-61(64)53-48-43-38-33-28-23-17-15-16-20-25-30-35-40-45-50-57(3)4/h57-59H,6-56H2,1-5H3/t58?,59-/m0/s1. The third kappa shape index (κ3) is 53.8. The van der Waals surface area contributed by atoms with Crippen molar-refractivity contribution >= 4 is 17.9 Å². The van der Waals surface area contributed by atoms with Gasteiger partial charge in [-0.25, -0.2) is 0 Å². The summed E-state index contributed by atoms with van der Waals surface area (Å²) < 4.78 is 16.9. The molecule has 0 aromatic carbocycles. The van der Waals surface area contributed by atoms with Gasteiger partial charge in [-0.3, -0.25) is 14.4 Å².